The molecule has 0 aliphatic heterocycles. The van der Waals surface area contributed by atoms with Gasteiger partial charge in [-0.25, -0.2) is 0 Å². The molecule has 1 amide bonds. The topological polar surface area (TPSA) is 62.1 Å². The first-order valence-electron chi connectivity index (χ1n) is 9.15. The summed E-state index contributed by atoms with van der Waals surface area (Å²) in [7, 11) is 0. The number of nitrogens with zero attached hydrogens (tertiary/aromatic N) is 1. The number of carbonyl (C=O) groups is 1. The van der Waals surface area contributed by atoms with Gasteiger partial charge in [0.2, 0.25) is 5.91 Å². The van der Waals surface area contributed by atoms with Gasteiger partial charge in [0.1, 0.15) is 16.8 Å². The number of hydrogen-bond acceptors (Lipinski definition) is 5. The fraction of sp³-hybridized carbons (Fsp3) is 0.381. The summed E-state index contributed by atoms with van der Waals surface area (Å²) in [6.07, 6.45) is 3.77. The van der Waals surface area contributed by atoms with Crippen molar-refractivity contribution in [2.75, 3.05) is 11.9 Å². The molecule has 0 saturated carbocycles. The van der Waals surface area contributed by atoms with E-state index in [9.17, 15) is 10.1 Å². The van der Waals surface area contributed by atoms with Gasteiger partial charge < -0.3 is 10.1 Å². The van der Waals surface area contributed by atoms with Crippen LogP contribution in [0, 0.1) is 21.1 Å². The number of benzene rings is 1. The van der Waals surface area contributed by atoms with E-state index >= 15 is 0 Å². The van der Waals surface area contributed by atoms with Gasteiger partial charge >= 0.3 is 0 Å². The molecular weight excluding hydrogens is 376 g/mol. The molecule has 0 radical (unpaired) electrons. The molecule has 2 aromatic rings. The third kappa shape index (κ3) is 4.94. The quantitative estimate of drug-likeness (QED) is 0.532. The van der Waals surface area contributed by atoms with Crippen molar-refractivity contribution in [2.45, 2.75) is 39.0 Å². The smallest absolute Gasteiger partial charge is 0.225 e. The maximum atomic E-state index is 12.3. The van der Waals surface area contributed by atoms with Crippen LogP contribution in [-0.2, 0) is 17.6 Å². The van der Waals surface area contributed by atoms with Crippen LogP contribution in [0.15, 0.2) is 30.3 Å². The average molecular weight is 399 g/mol. The van der Waals surface area contributed by atoms with Crippen LogP contribution in [0.1, 0.15) is 42.9 Å². The highest BCUT2D eigenvalue weighted by Gasteiger charge is 2.23. The molecule has 27 heavy (non-hydrogen) atoms. The van der Waals surface area contributed by atoms with E-state index in [4.69, 9.17) is 17.0 Å². The van der Waals surface area contributed by atoms with E-state index in [1.807, 2.05) is 30.3 Å². The highest BCUT2D eigenvalue weighted by Crippen LogP contribution is 2.35. The standard InChI is InChI=1S/C21H22N2O2S2/c1-14-9-10-16-17(12-14)21(26)27-20(18(16)13-22)23-19(24)8-5-11-25-15-6-3-2-4-7-15/h2-4,6-7,14H,5,8-12H2,1H3,(H,23,24). The minimum absolute atomic E-state index is 0.113. The van der Waals surface area contributed by atoms with Gasteiger partial charge in [-0.1, -0.05) is 37.3 Å². The molecule has 0 fully saturated rings. The van der Waals surface area contributed by atoms with Crippen molar-refractivity contribution in [1.82, 2.24) is 0 Å². The summed E-state index contributed by atoms with van der Waals surface area (Å²) in [6, 6.07) is 11.8. The van der Waals surface area contributed by atoms with Crippen LogP contribution in [0.4, 0.5) is 5.00 Å². The largest absolute Gasteiger partial charge is 0.494 e. The zero-order valence-electron chi connectivity index (χ0n) is 15.3. The number of fused-ring (bicyclic) bond motifs is 1. The molecule has 1 aliphatic rings. The number of nitrogens with one attached hydrogen (secondary N) is 1. The summed E-state index contributed by atoms with van der Waals surface area (Å²) < 4.78 is 6.40. The lowest BCUT2D eigenvalue weighted by Crippen LogP contribution is -2.17. The highest BCUT2D eigenvalue weighted by atomic mass is 32.1. The lowest BCUT2D eigenvalue weighted by molar-refractivity contribution is -0.116. The molecule has 1 unspecified atom stereocenters. The summed E-state index contributed by atoms with van der Waals surface area (Å²) in [6.45, 7) is 2.68. The predicted molar refractivity (Wildman–Crippen MR) is 111 cm³/mol. The zero-order valence-corrected chi connectivity index (χ0v) is 16.9. The Morgan fingerprint density at radius 1 is 1.37 bits per heavy atom. The summed E-state index contributed by atoms with van der Waals surface area (Å²) in [5.74, 6) is 1.27. The second-order valence-electron chi connectivity index (χ2n) is 6.82. The summed E-state index contributed by atoms with van der Waals surface area (Å²) in [4.78, 5) is 12.3. The Labute approximate surface area is 168 Å². The van der Waals surface area contributed by atoms with E-state index in [1.165, 1.54) is 11.3 Å². The number of carbonyl (C=O) groups excluding carboxylic acids is 1. The SMILES string of the molecule is CC1CCc2c(C#N)c(NC(=O)CCCOc3ccccc3)sc(=S)c2C1. The Morgan fingerprint density at radius 3 is 2.89 bits per heavy atom. The summed E-state index contributed by atoms with van der Waals surface area (Å²) in [5, 5.41) is 13.1. The Balaban J connectivity index is 1.61. The molecule has 6 heteroatoms. The Hall–Kier alpha value is -2.23. The van der Waals surface area contributed by atoms with E-state index in [0.717, 1.165) is 40.0 Å². The lowest BCUT2D eigenvalue weighted by Gasteiger charge is -2.23. The van der Waals surface area contributed by atoms with Crippen molar-refractivity contribution in [3.8, 4) is 11.8 Å². The lowest BCUT2D eigenvalue weighted by atomic mass is 9.85. The van der Waals surface area contributed by atoms with E-state index in [0.29, 0.717) is 35.9 Å². The maximum absolute atomic E-state index is 12.3. The maximum Gasteiger partial charge on any atom is 0.225 e. The van der Waals surface area contributed by atoms with Crippen LogP contribution >= 0.6 is 23.6 Å². The van der Waals surface area contributed by atoms with Crippen LogP contribution in [0.3, 0.4) is 0 Å². The van der Waals surface area contributed by atoms with Gasteiger partial charge in [0, 0.05) is 6.42 Å². The molecule has 0 saturated heterocycles. The third-order valence-electron chi connectivity index (χ3n) is 4.70. The molecule has 1 aromatic carbocycles. The van der Waals surface area contributed by atoms with Crippen LogP contribution in [-0.4, -0.2) is 12.5 Å². The zero-order chi connectivity index (χ0) is 19.2. The van der Waals surface area contributed by atoms with Crippen molar-refractivity contribution in [3.63, 3.8) is 0 Å². The number of rotatable bonds is 6. The first kappa shape index (κ1) is 19.5. The molecule has 0 spiro atoms. The number of hydrogen-bond donors (Lipinski definition) is 1. The van der Waals surface area contributed by atoms with Crippen LogP contribution in [0.2, 0.25) is 0 Å². The number of nitriles is 1. The molecule has 0 bridgehead atoms. The van der Waals surface area contributed by atoms with Crippen LogP contribution < -0.4 is 10.1 Å². The van der Waals surface area contributed by atoms with Gasteiger partial charge in [-0.15, -0.1) is 11.3 Å². The van der Waals surface area contributed by atoms with E-state index < -0.39 is 0 Å². The van der Waals surface area contributed by atoms with E-state index in [2.05, 4.69) is 18.3 Å². The van der Waals surface area contributed by atoms with Crippen LogP contribution in [0.25, 0.3) is 0 Å². The van der Waals surface area contributed by atoms with Crippen molar-refractivity contribution in [1.29, 1.82) is 5.26 Å². The number of amides is 1. The molecule has 1 N–H and O–H groups in total. The Kier molecular flexibility index (Phi) is 6.59. The normalized spacial score (nSPS) is 15.5. The molecule has 140 valence electrons. The minimum atomic E-state index is -0.113. The first-order chi connectivity index (χ1) is 13.1. The molecule has 1 aliphatic carbocycles. The van der Waals surface area contributed by atoms with Crippen LogP contribution in [0.5, 0.6) is 5.75 Å². The fourth-order valence-corrected chi connectivity index (χ4v) is 4.68. The minimum Gasteiger partial charge on any atom is -0.494 e. The predicted octanol–water partition coefficient (Wildman–Crippen LogP) is 5.27. The second kappa shape index (κ2) is 9.12. The molecule has 3 rings (SSSR count). The molecule has 1 atom stereocenters. The highest BCUT2D eigenvalue weighted by molar-refractivity contribution is 7.73. The number of para-hydroxylation sites is 1. The average Bonchev–Trinajstić information content (AvgIpc) is 2.67. The van der Waals surface area contributed by atoms with Crippen molar-refractivity contribution >= 4 is 34.5 Å². The van der Waals surface area contributed by atoms with Crippen molar-refractivity contribution < 1.29 is 9.53 Å². The first-order valence-corrected chi connectivity index (χ1v) is 10.4. The molecular formula is C21H22N2O2S2. The van der Waals surface area contributed by atoms with Gasteiger partial charge in [-0.3, -0.25) is 4.79 Å². The summed E-state index contributed by atoms with van der Waals surface area (Å²) >= 11 is 6.88. The third-order valence-corrected chi connectivity index (χ3v) is 6.14. The van der Waals surface area contributed by atoms with E-state index in [1.54, 1.807) is 0 Å². The molecule has 1 aromatic heterocycles. The second-order valence-corrected chi connectivity index (χ2v) is 8.51. The molecule has 4 nitrogen and oxygen atoms in total. The monoisotopic (exact) mass is 398 g/mol. The van der Waals surface area contributed by atoms with Gasteiger partial charge in [-0.2, -0.15) is 5.26 Å². The van der Waals surface area contributed by atoms with Gasteiger partial charge in [-0.05, 0) is 54.9 Å². The number of anilines is 1. The van der Waals surface area contributed by atoms with Crippen molar-refractivity contribution in [2.24, 2.45) is 5.92 Å². The van der Waals surface area contributed by atoms with E-state index in [-0.39, 0.29) is 5.91 Å². The number of ether oxygens (including phenoxy) is 1. The van der Waals surface area contributed by atoms with Gasteiger partial charge in [0.25, 0.3) is 0 Å². The molecule has 1 heterocycles. The van der Waals surface area contributed by atoms with Crippen molar-refractivity contribution in [3.05, 3.63) is 50.8 Å². The van der Waals surface area contributed by atoms with Gasteiger partial charge in [0.15, 0.2) is 0 Å². The fourth-order valence-electron chi connectivity index (χ4n) is 3.28. The Bertz CT molecular complexity index is 916. The Morgan fingerprint density at radius 2 is 2.15 bits per heavy atom. The van der Waals surface area contributed by atoms with Gasteiger partial charge in [0.05, 0.1) is 16.0 Å². The summed E-state index contributed by atoms with van der Waals surface area (Å²) in [5.41, 5.74) is 2.74.